The molecule has 2 aromatic carbocycles. The standard InChI is InChI=1S/C20H20N6OS/c1-11-5-4-6-14(12(11)2)24-18-17(21)19(23-10-22-18)26-20-25-15-8-7-13(27-3)9-16(15)28-20/h4-10H,21H2,1-3H3,(H2,22,23,24,25,26). The minimum Gasteiger partial charge on any atom is -0.497 e. The van der Waals surface area contributed by atoms with Crippen LogP contribution in [0.4, 0.5) is 28.1 Å². The summed E-state index contributed by atoms with van der Waals surface area (Å²) in [5.74, 6) is 1.85. The third kappa shape index (κ3) is 3.41. The van der Waals surface area contributed by atoms with Crippen LogP contribution in [-0.4, -0.2) is 22.1 Å². The van der Waals surface area contributed by atoms with E-state index < -0.39 is 0 Å². The highest BCUT2D eigenvalue weighted by Crippen LogP contribution is 2.34. The fourth-order valence-electron chi connectivity index (χ4n) is 2.80. The molecule has 0 fully saturated rings. The minimum atomic E-state index is 0.431. The smallest absolute Gasteiger partial charge is 0.189 e. The monoisotopic (exact) mass is 392 g/mol. The van der Waals surface area contributed by atoms with Gasteiger partial charge >= 0.3 is 0 Å². The Balaban J connectivity index is 1.62. The van der Waals surface area contributed by atoms with Crippen molar-refractivity contribution in [1.29, 1.82) is 0 Å². The third-order valence-corrected chi connectivity index (χ3v) is 5.50. The van der Waals surface area contributed by atoms with Gasteiger partial charge in [-0.1, -0.05) is 23.5 Å². The molecule has 4 rings (SSSR count). The Labute approximate surface area is 166 Å². The summed E-state index contributed by atoms with van der Waals surface area (Å²) in [4.78, 5) is 13.1. The van der Waals surface area contributed by atoms with Crippen LogP contribution in [0.1, 0.15) is 11.1 Å². The van der Waals surface area contributed by atoms with Crippen LogP contribution in [0.15, 0.2) is 42.7 Å². The summed E-state index contributed by atoms with van der Waals surface area (Å²) in [6.45, 7) is 4.13. The lowest BCUT2D eigenvalue weighted by Gasteiger charge is -2.14. The van der Waals surface area contributed by atoms with Gasteiger partial charge in [-0.05, 0) is 49.2 Å². The van der Waals surface area contributed by atoms with Crippen molar-refractivity contribution in [1.82, 2.24) is 15.0 Å². The van der Waals surface area contributed by atoms with E-state index in [0.29, 0.717) is 22.5 Å². The molecule has 0 radical (unpaired) electrons. The number of nitrogens with one attached hydrogen (secondary N) is 2. The summed E-state index contributed by atoms with van der Waals surface area (Å²) in [5.41, 5.74) is 10.9. The van der Waals surface area contributed by atoms with Gasteiger partial charge in [-0.3, -0.25) is 0 Å². The van der Waals surface area contributed by atoms with E-state index in [9.17, 15) is 0 Å². The van der Waals surface area contributed by atoms with Gasteiger partial charge in [0.15, 0.2) is 16.8 Å². The van der Waals surface area contributed by atoms with Gasteiger partial charge in [-0.2, -0.15) is 0 Å². The SMILES string of the molecule is COc1ccc2nc(Nc3ncnc(Nc4cccc(C)c4C)c3N)sc2c1. The van der Waals surface area contributed by atoms with Gasteiger partial charge < -0.3 is 21.1 Å². The van der Waals surface area contributed by atoms with E-state index in [-0.39, 0.29) is 0 Å². The number of hydrogen-bond donors (Lipinski definition) is 3. The lowest BCUT2D eigenvalue weighted by Crippen LogP contribution is -2.06. The molecule has 4 aromatic rings. The second-order valence-electron chi connectivity index (χ2n) is 6.33. The quantitative estimate of drug-likeness (QED) is 0.449. The van der Waals surface area contributed by atoms with Crippen molar-refractivity contribution in [3.05, 3.63) is 53.9 Å². The molecule has 0 aliphatic carbocycles. The van der Waals surface area contributed by atoms with E-state index in [1.807, 2.05) is 30.3 Å². The van der Waals surface area contributed by atoms with Gasteiger partial charge in [0, 0.05) is 5.69 Å². The van der Waals surface area contributed by atoms with Crippen molar-refractivity contribution in [3.63, 3.8) is 0 Å². The normalized spacial score (nSPS) is 10.8. The fraction of sp³-hybridized carbons (Fsp3) is 0.150. The second-order valence-corrected chi connectivity index (χ2v) is 7.37. The first-order valence-electron chi connectivity index (χ1n) is 8.70. The van der Waals surface area contributed by atoms with Crippen molar-refractivity contribution in [2.75, 3.05) is 23.5 Å². The molecule has 0 atom stereocenters. The minimum absolute atomic E-state index is 0.431. The number of nitrogens with two attached hydrogens (primary N) is 1. The number of aromatic nitrogens is 3. The first kappa shape index (κ1) is 18.0. The average Bonchev–Trinajstić information content (AvgIpc) is 3.09. The van der Waals surface area contributed by atoms with E-state index >= 15 is 0 Å². The molecule has 0 aliphatic heterocycles. The summed E-state index contributed by atoms with van der Waals surface area (Å²) in [6, 6.07) is 11.8. The molecule has 4 N–H and O–H groups in total. The number of nitrogen functional groups attached to an aromatic ring is 1. The molecular formula is C20H20N6OS. The molecule has 0 saturated heterocycles. The molecule has 28 heavy (non-hydrogen) atoms. The largest absolute Gasteiger partial charge is 0.497 e. The van der Waals surface area contributed by atoms with E-state index in [4.69, 9.17) is 10.5 Å². The molecule has 0 bridgehead atoms. The van der Waals surface area contributed by atoms with E-state index in [0.717, 1.165) is 27.2 Å². The first-order chi connectivity index (χ1) is 13.5. The van der Waals surface area contributed by atoms with Gasteiger partial charge in [-0.25, -0.2) is 15.0 Å². The number of fused-ring (bicyclic) bond motifs is 1. The Morgan fingerprint density at radius 1 is 1.04 bits per heavy atom. The summed E-state index contributed by atoms with van der Waals surface area (Å²) >= 11 is 1.51. The predicted octanol–water partition coefficient (Wildman–Crippen LogP) is 4.78. The Morgan fingerprint density at radius 3 is 2.61 bits per heavy atom. The summed E-state index contributed by atoms with van der Waals surface area (Å²) in [7, 11) is 1.65. The number of methoxy groups -OCH3 is 1. The van der Waals surface area contributed by atoms with Crippen LogP contribution in [0.3, 0.4) is 0 Å². The molecule has 7 nitrogen and oxygen atoms in total. The number of anilines is 5. The van der Waals surface area contributed by atoms with Crippen LogP contribution in [0.2, 0.25) is 0 Å². The number of ether oxygens (including phenoxy) is 1. The topological polar surface area (TPSA) is 98.0 Å². The molecule has 0 spiro atoms. The van der Waals surface area contributed by atoms with Crippen molar-refractivity contribution in [2.24, 2.45) is 0 Å². The molecule has 2 heterocycles. The highest BCUT2D eigenvalue weighted by Gasteiger charge is 2.12. The van der Waals surface area contributed by atoms with Gasteiger partial charge in [-0.15, -0.1) is 0 Å². The Morgan fingerprint density at radius 2 is 1.82 bits per heavy atom. The maximum atomic E-state index is 6.31. The first-order valence-corrected chi connectivity index (χ1v) is 9.52. The molecule has 0 saturated carbocycles. The number of benzene rings is 2. The van der Waals surface area contributed by atoms with Gasteiger partial charge in [0.1, 0.15) is 17.8 Å². The van der Waals surface area contributed by atoms with Crippen LogP contribution in [0, 0.1) is 13.8 Å². The highest BCUT2D eigenvalue weighted by atomic mass is 32.1. The van der Waals surface area contributed by atoms with E-state index in [1.54, 1.807) is 7.11 Å². The zero-order chi connectivity index (χ0) is 19.7. The van der Waals surface area contributed by atoms with Gasteiger partial charge in [0.2, 0.25) is 0 Å². The molecule has 0 amide bonds. The van der Waals surface area contributed by atoms with Crippen LogP contribution >= 0.6 is 11.3 Å². The average molecular weight is 392 g/mol. The van der Waals surface area contributed by atoms with Crippen LogP contribution in [0.5, 0.6) is 5.75 Å². The lowest BCUT2D eigenvalue weighted by atomic mass is 10.1. The highest BCUT2D eigenvalue weighted by molar-refractivity contribution is 7.22. The van der Waals surface area contributed by atoms with E-state index in [2.05, 4.69) is 45.5 Å². The zero-order valence-corrected chi connectivity index (χ0v) is 16.6. The van der Waals surface area contributed by atoms with Crippen molar-refractivity contribution < 1.29 is 4.74 Å². The fourth-order valence-corrected chi connectivity index (χ4v) is 3.69. The summed E-state index contributed by atoms with van der Waals surface area (Å²) < 4.78 is 6.29. The van der Waals surface area contributed by atoms with Crippen molar-refractivity contribution in [3.8, 4) is 5.75 Å². The van der Waals surface area contributed by atoms with Crippen molar-refractivity contribution in [2.45, 2.75) is 13.8 Å². The maximum absolute atomic E-state index is 6.31. The number of hydrogen-bond acceptors (Lipinski definition) is 8. The zero-order valence-electron chi connectivity index (χ0n) is 15.8. The summed E-state index contributed by atoms with van der Waals surface area (Å²) in [5, 5.41) is 7.20. The predicted molar refractivity (Wildman–Crippen MR) is 115 cm³/mol. The van der Waals surface area contributed by atoms with E-state index in [1.165, 1.54) is 23.2 Å². The second kappa shape index (κ2) is 7.32. The van der Waals surface area contributed by atoms with Gasteiger partial charge in [0.05, 0.1) is 17.3 Å². The summed E-state index contributed by atoms with van der Waals surface area (Å²) in [6.07, 6.45) is 1.47. The van der Waals surface area contributed by atoms with Crippen LogP contribution < -0.4 is 21.1 Å². The van der Waals surface area contributed by atoms with Crippen LogP contribution in [-0.2, 0) is 0 Å². The molecule has 0 aliphatic rings. The maximum Gasteiger partial charge on any atom is 0.189 e. The molecule has 0 unspecified atom stereocenters. The van der Waals surface area contributed by atoms with Crippen molar-refractivity contribution >= 4 is 49.7 Å². The Bertz CT molecular complexity index is 1160. The Hall–Kier alpha value is -3.39. The third-order valence-electron chi connectivity index (χ3n) is 4.56. The lowest BCUT2D eigenvalue weighted by molar-refractivity contribution is 0.415. The molecule has 2 aromatic heterocycles. The molecule has 142 valence electrons. The number of rotatable bonds is 5. The number of thiazole rings is 1. The molecular weight excluding hydrogens is 372 g/mol. The molecule has 8 heteroatoms. The number of nitrogens with zero attached hydrogens (tertiary/aromatic N) is 3. The van der Waals surface area contributed by atoms with Gasteiger partial charge in [0.25, 0.3) is 0 Å². The number of aryl methyl sites for hydroxylation is 1. The Kier molecular flexibility index (Phi) is 4.70. The van der Waals surface area contributed by atoms with Crippen LogP contribution in [0.25, 0.3) is 10.2 Å².